The van der Waals surface area contributed by atoms with Crippen molar-refractivity contribution in [2.45, 2.75) is 18.3 Å². The highest BCUT2D eigenvalue weighted by Crippen LogP contribution is 2.47. The van der Waals surface area contributed by atoms with Crippen LogP contribution in [0.5, 0.6) is 0 Å². The Morgan fingerprint density at radius 1 is 1.32 bits per heavy atom. The van der Waals surface area contributed by atoms with E-state index in [1.54, 1.807) is 11.3 Å². The Morgan fingerprint density at radius 2 is 2.21 bits per heavy atom. The monoisotopic (exact) mass is 269 g/mol. The van der Waals surface area contributed by atoms with Crippen LogP contribution in [0.3, 0.4) is 0 Å². The first-order chi connectivity index (χ1) is 9.31. The van der Waals surface area contributed by atoms with Gasteiger partial charge in [0.25, 0.3) is 0 Å². The normalized spacial score (nSPS) is 16.9. The van der Waals surface area contributed by atoms with Gasteiger partial charge in [0.05, 0.1) is 15.9 Å². The molecule has 0 amide bonds. The van der Waals surface area contributed by atoms with Crippen LogP contribution in [-0.4, -0.2) is 16.5 Å². The van der Waals surface area contributed by atoms with Gasteiger partial charge in [0, 0.05) is 12.0 Å². The summed E-state index contributed by atoms with van der Waals surface area (Å²) >= 11 is 1.70. The number of hydrogen-bond acceptors (Lipinski definition) is 3. The Bertz CT molecular complexity index is 723. The molecule has 3 aromatic rings. The molecular weight excluding hydrogens is 254 g/mol. The Kier molecular flexibility index (Phi) is 2.31. The highest BCUT2D eigenvalue weighted by Gasteiger charge is 2.42. The molecule has 96 valence electrons. The number of nitrogens with zero attached hydrogens (tertiary/aromatic N) is 1. The average Bonchev–Trinajstić information content (AvgIpc) is 2.89. The summed E-state index contributed by atoms with van der Waals surface area (Å²) in [6, 6.07) is 10.6. The molecule has 3 nitrogen and oxygen atoms in total. The van der Waals surface area contributed by atoms with Gasteiger partial charge >= 0.3 is 0 Å². The number of aromatic amines is 1. The molecule has 1 saturated carbocycles. The molecule has 0 unspecified atom stereocenters. The minimum Gasteiger partial charge on any atom is -0.337 e. The molecule has 1 aliphatic carbocycles. The summed E-state index contributed by atoms with van der Waals surface area (Å²) in [6.45, 7) is 0.741. The van der Waals surface area contributed by atoms with Crippen LogP contribution in [0.15, 0.2) is 35.7 Å². The zero-order valence-electron chi connectivity index (χ0n) is 10.5. The fraction of sp³-hybridized carbons (Fsp3) is 0.267. The summed E-state index contributed by atoms with van der Waals surface area (Å²) in [6.07, 6.45) is 2.42. The molecule has 1 fully saturated rings. The molecule has 4 rings (SSSR count). The number of H-pyrrole nitrogens is 1. The lowest BCUT2D eigenvalue weighted by atomic mass is 9.96. The smallest absolute Gasteiger partial charge is 0.148 e. The van der Waals surface area contributed by atoms with Crippen molar-refractivity contribution in [3.63, 3.8) is 0 Å². The number of imidazole rings is 1. The molecule has 2 aromatic heterocycles. The summed E-state index contributed by atoms with van der Waals surface area (Å²) in [5.74, 6) is 0.958. The number of nitrogens with one attached hydrogen (secondary N) is 1. The lowest BCUT2D eigenvalue weighted by Gasteiger charge is -2.12. The van der Waals surface area contributed by atoms with Gasteiger partial charge in [0.2, 0.25) is 0 Å². The van der Waals surface area contributed by atoms with E-state index in [-0.39, 0.29) is 5.41 Å². The van der Waals surface area contributed by atoms with E-state index in [9.17, 15) is 0 Å². The van der Waals surface area contributed by atoms with E-state index in [1.807, 2.05) is 6.07 Å². The zero-order chi connectivity index (χ0) is 12.9. The van der Waals surface area contributed by atoms with Crippen molar-refractivity contribution < 1.29 is 0 Å². The Morgan fingerprint density at radius 3 is 2.89 bits per heavy atom. The van der Waals surface area contributed by atoms with Gasteiger partial charge in [0.1, 0.15) is 5.82 Å². The molecule has 0 bridgehead atoms. The van der Waals surface area contributed by atoms with Crippen LogP contribution in [0.2, 0.25) is 0 Å². The largest absolute Gasteiger partial charge is 0.337 e. The minimum absolute atomic E-state index is 0.238. The Hall–Kier alpha value is -1.65. The van der Waals surface area contributed by atoms with Gasteiger partial charge in [-0.25, -0.2) is 4.98 Å². The van der Waals surface area contributed by atoms with Crippen molar-refractivity contribution in [3.8, 4) is 10.7 Å². The molecule has 0 aliphatic heterocycles. The second-order valence-corrected chi connectivity index (χ2v) is 6.23. The highest BCUT2D eigenvalue weighted by molar-refractivity contribution is 7.13. The summed E-state index contributed by atoms with van der Waals surface area (Å²) in [5.41, 5.74) is 9.63. The third kappa shape index (κ3) is 1.71. The van der Waals surface area contributed by atoms with E-state index in [1.165, 1.54) is 23.3 Å². The maximum Gasteiger partial charge on any atom is 0.148 e. The molecule has 4 heteroatoms. The quantitative estimate of drug-likeness (QED) is 0.766. The number of aromatic nitrogens is 2. The van der Waals surface area contributed by atoms with Crippen molar-refractivity contribution in [1.29, 1.82) is 0 Å². The van der Waals surface area contributed by atoms with Crippen molar-refractivity contribution in [1.82, 2.24) is 9.97 Å². The van der Waals surface area contributed by atoms with Gasteiger partial charge in [0.15, 0.2) is 0 Å². The molecule has 1 aromatic carbocycles. The first kappa shape index (κ1) is 11.2. The van der Waals surface area contributed by atoms with E-state index in [0.29, 0.717) is 0 Å². The second kappa shape index (κ2) is 3.92. The van der Waals surface area contributed by atoms with E-state index in [2.05, 4.69) is 39.6 Å². The summed E-state index contributed by atoms with van der Waals surface area (Å²) in [5, 5.41) is 2.07. The molecule has 2 heterocycles. The standard InChI is InChI=1S/C15H15N3S/c16-9-15(5-6-15)10-3-4-11-12(8-10)18-14(17-11)13-2-1-7-19-13/h1-4,7-8H,5-6,9,16H2,(H,17,18). The third-order valence-corrected chi connectivity index (χ3v) is 4.97. The van der Waals surface area contributed by atoms with Crippen molar-refractivity contribution in [3.05, 3.63) is 41.3 Å². The van der Waals surface area contributed by atoms with Gasteiger partial charge in [-0.3, -0.25) is 0 Å². The van der Waals surface area contributed by atoms with E-state index in [4.69, 9.17) is 5.73 Å². The SMILES string of the molecule is NCC1(c2ccc3nc(-c4cccs4)[nH]c3c2)CC1. The molecule has 19 heavy (non-hydrogen) atoms. The number of thiophene rings is 1. The summed E-state index contributed by atoms with van der Waals surface area (Å²) in [7, 11) is 0. The fourth-order valence-electron chi connectivity index (χ4n) is 2.63. The number of fused-ring (bicyclic) bond motifs is 1. The van der Waals surface area contributed by atoms with Crippen LogP contribution in [0.25, 0.3) is 21.7 Å². The molecule has 0 radical (unpaired) electrons. The number of rotatable bonds is 3. The molecule has 1 aliphatic rings. The first-order valence-electron chi connectivity index (χ1n) is 6.55. The van der Waals surface area contributed by atoms with Gasteiger partial charge in [-0.05, 0) is 42.0 Å². The maximum absolute atomic E-state index is 5.90. The van der Waals surface area contributed by atoms with Gasteiger partial charge in [-0.2, -0.15) is 0 Å². The number of benzene rings is 1. The van der Waals surface area contributed by atoms with E-state index in [0.717, 1.165) is 23.4 Å². The molecule has 0 saturated heterocycles. The summed E-state index contributed by atoms with van der Waals surface area (Å²) < 4.78 is 0. The maximum atomic E-state index is 5.90. The average molecular weight is 269 g/mol. The van der Waals surface area contributed by atoms with Crippen LogP contribution in [0, 0.1) is 0 Å². The van der Waals surface area contributed by atoms with Crippen LogP contribution in [-0.2, 0) is 5.41 Å². The lowest BCUT2D eigenvalue weighted by Crippen LogP contribution is -2.19. The molecular formula is C15H15N3S. The highest BCUT2D eigenvalue weighted by atomic mass is 32.1. The molecule has 0 atom stereocenters. The van der Waals surface area contributed by atoms with E-state index < -0.39 is 0 Å². The van der Waals surface area contributed by atoms with Crippen LogP contribution < -0.4 is 5.73 Å². The van der Waals surface area contributed by atoms with Crippen LogP contribution in [0.4, 0.5) is 0 Å². The molecule has 0 spiro atoms. The Balaban J connectivity index is 1.82. The van der Waals surface area contributed by atoms with Gasteiger partial charge < -0.3 is 10.7 Å². The van der Waals surface area contributed by atoms with Crippen molar-refractivity contribution >= 4 is 22.4 Å². The second-order valence-electron chi connectivity index (χ2n) is 5.28. The first-order valence-corrected chi connectivity index (χ1v) is 7.43. The number of nitrogens with two attached hydrogens (primary N) is 1. The summed E-state index contributed by atoms with van der Waals surface area (Å²) in [4.78, 5) is 9.25. The lowest BCUT2D eigenvalue weighted by molar-refractivity contribution is 0.706. The third-order valence-electron chi connectivity index (χ3n) is 4.09. The predicted molar refractivity (Wildman–Crippen MR) is 79.4 cm³/mol. The minimum atomic E-state index is 0.238. The fourth-order valence-corrected chi connectivity index (χ4v) is 3.30. The van der Waals surface area contributed by atoms with E-state index >= 15 is 0 Å². The van der Waals surface area contributed by atoms with Crippen LogP contribution in [0.1, 0.15) is 18.4 Å². The van der Waals surface area contributed by atoms with Crippen LogP contribution >= 0.6 is 11.3 Å². The number of hydrogen-bond donors (Lipinski definition) is 2. The Labute approximate surface area is 115 Å². The van der Waals surface area contributed by atoms with Gasteiger partial charge in [-0.15, -0.1) is 11.3 Å². The topological polar surface area (TPSA) is 54.7 Å². The molecule has 3 N–H and O–H groups in total. The zero-order valence-corrected chi connectivity index (χ0v) is 11.3. The van der Waals surface area contributed by atoms with Gasteiger partial charge in [-0.1, -0.05) is 12.1 Å². The predicted octanol–water partition coefficient (Wildman–Crippen LogP) is 3.28. The van der Waals surface area contributed by atoms with Crippen molar-refractivity contribution in [2.24, 2.45) is 5.73 Å². The van der Waals surface area contributed by atoms with Crippen molar-refractivity contribution in [2.75, 3.05) is 6.54 Å².